The summed E-state index contributed by atoms with van der Waals surface area (Å²) < 4.78 is 0. The summed E-state index contributed by atoms with van der Waals surface area (Å²) in [6.07, 6.45) is 0.879. The van der Waals surface area contributed by atoms with Crippen LogP contribution in [-0.4, -0.2) is 10.2 Å². The number of aliphatic hydroxyl groups excluding tert-OH is 1. The van der Waals surface area contributed by atoms with Gasteiger partial charge < -0.3 is 10.2 Å². The SMILES string of the molecule is Cc1cc(O)c(C(O)CCc2ccccc2)s1. The Labute approximate surface area is 105 Å². The maximum absolute atomic E-state index is 10.0. The highest BCUT2D eigenvalue weighted by Gasteiger charge is 2.15. The van der Waals surface area contributed by atoms with Gasteiger partial charge in [-0.25, -0.2) is 0 Å². The van der Waals surface area contributed by atoms with E-state index in [2.05, 4.69) is 0 Å². The van der Waals surface area contributed by atoms with Gasteiger partial charge in [0.25, 0.3) is 0 Å². The average Bonchev–Trinajstić information content (AvgIpc) is 2.67. The molecule has 2 rings (SSSR count). The molecular weight excluding hydrogens is 232 g/mol. The topological polar surface area (TPSA) is 40.5 Å². The smallest absolute Gasteiger partial charge is 0.132 e. The normalized spacial score (nSPS) is 12.6. The van der Waals surface area contributed by atoms with E-state index in [0.29, 0.717) is 11.3 Å². The number of hydrogen-bond acceptors (Lipinski definition) is 3. The highest BCUT2D eigenvalue weighted by atomic mass is 32.1. The van der Waals surface area contributed by atoms with Crippen LogP contribution in [0.2, 0.25) is 0 Å². The summed E-state index contributed by atoms with van der Waals surface area (Å²) in [6, 6.07) is 11.8. The third-order valence-corrected chi connectivity index (χ3v) is 3.86. The Morgan fingerprint density at radius 1 is 1.24 bits per heavy atom. The minimum absolute atomic E-state index is 0.216. The van der Waals surface area contributed by atoms with Gasteiger partial charge in [-0.15, -0.1) is 11.3 Å². The number of hydrogen-bond donors (Lipinski definition) is 2. The average molecular weight is 248 g/mol. The van der Waals surface area contributed by atoms with Gasteiger partial charge in [0, 0.05) is 4.88 Å². The molecule has 1 unspecified atom stereocenters. The Morgan fingerprint density at radius 2 is 1.94 bits per heavy atom. The van der Waals surface area contributed by atoms with Crippen molar-refractivity contribution in [2.24, 2.45) is 0 Å². The molecule has 1 aromatic heterocycles. The molecule has 2 aromatic rings. The Hall–Kier alpha value is -1.32. The van der Waals surface area contributed by atoms with E-state index < -0.39 is 6.10 Å². The molecule has 1 aromatic carbocycles. The lowest BCUT2D eigenvalue weighted by molar-refractivity contribution is 0.168. The van der Waals surface area contributed by atoms with E-state index in [9.17, 15) is 10.2 Å². The third kappa shape index (κ3) is 3.08. The van der Waals surface area contributed by atoms with E-state index >= 15 is 0 Å². The number of aryl methyl sites for hydroxylation is 2. The van der Waals surface area contributed by atoms with Crippen LogP contribution >= 0.6 is 11.3 Å². The molecule has 3 heteroatoms. The monoisotopic (exact) mass is 248 g/mol. The standard InChI is InChI=1S/C14H16O2S/c1-10-9-13(16)14(17-10)12(15)8-7-11-5-3-2-4-6-11/h2-6,9,12,15-16H,7-8H2,1H3. The molecule has 0 spiro atoms. The molecular formula is C14H16O2S. The molecule has 1 heterocycles. The number of aliphatic hydroxyl groups is 1. The predicted octanol–water partition coefficient (Wildman–Crippen LogP) is 3.43. The second-order valence-corrected chi connectivity index (χ2v) is 5.43. The number of aromatic hydroxyl groups is 1. The molecule has 17 heavy (non-hydrogen) atoms. The Morgan fingerprint density at radius 3 is 2.53 bits per heavy atom. The van der Waals surface area contributed by atoms with Crippen LogP contribution in [0.25, 0.3) is 0 Å². The van der Waals surface area contributed by atoms with Crippen LogP contribution in [0.5, 0.6) is 5.75 Å². The molecule has 0 saturated heterocycles. The molecule has 0 aliphatic rings. The van der Waals surface area contributed by atoms with Gasteiger partial charge in [-0.3, -0.25) is 0 Å². The zero-order chi connectivity index (χ0) is 12.3. The molecule has 90 valence electrons. The molecule has 0 radical (unpaired) electrons. The lowest BCUT2D eigenvalue weighted by Crippen LogP contribution is -1.97. The fourth-order valence-corrected chi connectivity index (χ4v) is 2.77. The van der Waals surface area contributed by atoms with Crippen molar-refractivity contribution in [2.75, 3.05) is 0 Å². The summed E-state index contributed by atoms with van der Waals surface area (Å²) in [7, 11) is 0. The van der Waals surface area contributed by atoms with E-state index in [4.69, 9.17) is 0 Å². The lowest BCUT2D eigenvalue weighted by Gasteiger charge is -2.09. The molecule has 0 aliphatic heterocycles. The third-order valence-electron chi connectivity index (χ3n) is 2.72. The van der Waals surface area contributed by atoms with Crippen molar-refractivity contribution in [1.82, 2.24) is 0 Å². The number of thiophene rings is 1. The Balaban J connectivity index is 1.98. The molecule has 0 fully saturated rings. The van der Waals surface area contributed by atoms with Crippen molar-refractivity contribution in [2.45, 2.75) is 25.9 Å². The number of benzene rings is 1. The summed E-state index contributed by atoms with van der Waals surface area (Å²) in [5, 5.41) is 19.7. The summed E-state index contributed by atoms with van der Waals surface area (Å²) in [4.78, 5) is 1.70. The molecule has 0 aliphatic carbocycles. The van der Waals surface area contributed by atoms with Crippen molar-refractivity contribution in [3.05, 3.63) is 51.7 Å². The van der Waals surface area contributed by atoms with E-state index in [1.165, 1.54) is 16.9 Å². The maximum Gasteiger partial charge on any atom is 0.132 e. The minimum atomic E-state index is -0.575. The second kappa shape index (κ2) is 5.34. The zero-order valence-electron chi connectivity index (χ0n) is 9.76. The summed E-state index contributed by atoms with van der Waals surface area (Å²) >= 11 is 1.46. The van der Waals surface area contributed by atoms with Gasteiger partial charge in [0.1, 0.15) is 5.75 Å². The quantitative estimate of drug-likeness (QED) is 0.870. The first-order chi connectivity index (χ1) is 8.16. The Kier molecular flexibility index (Phi) is 3.82. The number of rotatable bonds is 4. The largest absolute Gasteiger partial charge is 0.507 e. The first-order valence-corrected chi connectivity index (χ1v) is 6.50. The summed E-state index contributed by atoms with van der Waals surface area (Å²) in [6.45, 7) is 1.93. The van der Waals surface area contributed by atoms with Gasteiger partial charge >= 0.3 is 0 Å². The van der Waals surface area contributed by atoms with Gasteiger partial charge in [0.05, 0.1) is 11.0 Å². The van der Waals surface area contributed by atoms with Crippen LogP contribution in [0, 0.1) is 6.92 Å². The second-order valence-electron chi connectivity index (χ2n) is 4.15. The van der Waals surface area contributed by atoms with E-state index in [1.54, 1.807) is 6.07 Å². The van der Waals surface area contributed by atoms with Gasteiger partial charge in [-0.1, -0.05) is 30.3 Å². The first-order valence-electron chi connectivity index (χ1n) is 5.68. The van der Waals surface area contributed by atoms with Crippen molar-refractivity contribution < 1.29 is 10.2 Å². The zero-order valence-corrected chi connectivity index (χ0v) is 10.6. The minimum Gasteiger partial charge on any atom is -0.507 e. The van der Waals surface area contributed by atoms with Gasteiger partial charge in [-0.05, 0) is 31.4 Å². The first kappa shape index (κ1) is 12.1. The fraction of sp³-hybridized carbons (Fsp3) is 0.286. The van der Waals surface area contributed by atoms with Gasteiger partial charge in [0.15, 0.2) is 0 Å². The predicted molar refractivity (Wildman–Crippen MR) is 70.4 cm³/mol. The lowest BCUT2D eigenvalue weighted by atomic mass is 10.1. The van der Waals surface area contributed by atoms with E-state index in [0.717, 1.165) is 11.3 Å². The van der Waals surface area contributed by atoms with Gasteiger partial charge in [0.2, 0.25) is 0 Å². The molecule has 0 bridgehead atoms. The summed E-state index contributed by atoms with van der Waals surface area (Å²) in [5.41, 5.74) is 1.21. The highest BCUT2D eigenvalue weighted by Crippen LogP contribution is 2.34. The van der Waals surface area contributed by atoms with Crippen molar-refractivity contribution in [1.29, 1.82) is 0 Å². The molecule has 0 amide bonds. The Bertz CT molecular complexity index is 476. The molecule has 0 saturated carbocycles. The van der Waals surface area contributed by atoms with Crippen LogP contribution in [-0.2, 0) is 6.42 Å². The summed E-state index contributed by atoms with van der Waals surface area (Å²) in [5.74, 6) is 0.216. The molecule has 2 N–H and O–H groups in total. The van der Waals surface area contributed by atoms with Crippen LogP contribution in [0.4, 0.5) is 0 Å². The van der Waals surface area contributed by atoms with Crippen LogP contribution in [0.1, 0.15) is 27.8 Å². The van der Waals surface area contributed by atoms with Crippen LogP contribution < -0.4 is 0 Å². The van der Waals surface area contributed by atoms with Gasteiger partial charge in [-0.2, -0.15) is 0 Å². The van der Waals surface area contributed by atoms with E-state index in [-0.39, 0.29) is 5.75 Å². The molecule has 1 atom stereocenters. The van der Waals surface area contributed by atoms with E-state index in [1.807, 2.05) is 37.3 Å². The highest BCUT2D eigenvalue weighted by molar-refractivity contribution is 7.12. The van der Waals surface area contributed by atoms with Crippen molar-refractivity contribution in [3.63, 3.8) is 0 Å². The molecule has 2 nitrogen and oxygen atoms in total. The fourth-order valence-electron chi connectivity index (χ4n) is 1.84. The maximum atomic E-state index is 10.0. The van der Waals surface area contributed by atoms with Crippen molar-refractivity contribution >= 4 is 11.3 Å². The van der Waals surface area contributed by atoms with Crippen LogP contribution in [0.15, 0.2) is 36.4 Å². The van der Waals surface area contributed by atoms with Crippen LogP contribution in [0.3, 0.4) is 0 Å². The van der Waals surface area contributed by atoms with Crippen molar-refractivity contribution in [3.8, 4) is 5.75 Å².